The Morgan fingerprint density at radius 3 is 1.38 bits per heavy atom. The number of hydrogen-bond acceptors (Lipinski definition) is 17. The molecule has 3 aliphatic heterocycles. The van der Waals surface area contributed by atoms with Crippen LogP contribution in [0.2, 0.25) is 0 Å². The van der Waals surface area contributed by atoms with E-state index in [1.54, 1.807) is 0 Å². The van der Waals surface area contributed by atoms with Gasteiger partial charge in [0.2, 0.25) is 0 Å². The molecule has 0 spiro atoms. The third-order valence-electron chi connectivity index (χ3n) is 6.47. The van der Waals surface area contributed by atoms with Crippen LogP contribution in [0.3, 0.4) is 0 Å². The lowest BCUT2D eigenvalue weighted by Gasteiger charge is -2.48. The van der Waals surface area contributed by atoms with Gasteiger partial charge in [0.05, 0.1) is 26.4 Å². The normalized spacial score (nSPS) is 49.2. The summed E-state index contributed by atoms with van der Waals surface area (Å²) < 4.78 is 32.4. The summed E-state index contributed by atoms with van der Waals surface area (Å²) in [6.07, 6.45) is -24.2. The molecule has 0 aromatic heterocycles. The summed E-state index contributed by atoms with van der Waals surface area (Å²) in [5, 5.41) is 101. The van der Waals surface area contributed by atoms with E-state index < -0.39 is 112 Å². The highest BCUT2D eigenvalue weighted by Gasteiger charge is 2.53. The quantitative estimate of drug-likeness (QED) is 0.121. The second kappa shape index (κ2) is 13.6. The number of nitrogens with two attached hydrogens (primary N) is 1. The van der Waals surface area contributed by atoms with Crippen LogP contribution in [0.4, 0.5) is 0 Å². The predicted molar refractivity (Wildman–Crippen MR) is 114 cm³/mol. The van der Waals surface area contributed by atoms with E-state index in [1.165, 1.54) is 0 Å². The van der Waals surface area contributed by atoms with Gasteiger partial charge in [-0.2, -0.15) is 0 Å². The summed E-state index contributed by atoms with van der Waals surface area (Å²) in [6, 6.07) is 0. The Bertz CT molecular complexity index is 687. The molecule has 0 amide bonds. The minimum atomic E-state index is -1.90. The van der Waals surface area contributed by atoms with Crippen LogP contribution in [-0.2, 0) is 28.4 Å². The Hall–Kier alpha value is -0.680. The fraction of sp³-hybridized carbons (Fsp3) is 1.00. The maximum absolute atomic E-state index is 10.7. The van der Waals surface area contributed by atoms with Gasteiger partial charge in [-0.1, -0.05) is 0 Å². The Labute approximate surface area is 211 Å². The van der Waals surface area contributed by atoms with E-state index in [0.717, 1.165) is 0 Å². The second-order valence-electron chi connectivity index (χ2n) is 8.97. The molecule has 37 heavy (non-hydrogen) atoms. The summed E-state index contributed by atoms with van der Waals surface area (Å²) in [5.41, 5.74) is 5.35. The van der Waals surface area contributed by atoms with Crippen molar-refractivity contribution in [2.45, 2.75) is 92.1 Å². The van der Waals surface area contributed by atoms with Crippen LogP contribution in [0.1, 0.15) is 0 Å². The third-order valence-corrected chi connectivity index (χ3v) is 6.47. The van der Waals surface area contributed by atoms with Gasteiger partial charge in [-0.15, -0.1) is 0 Å². The SMILES string of the molecule is NCCO[C@H]1OC(CO)[C@H](O[C@H]2OC(CO)[C@@H](O[C@@H]3OC(CO)[C@@H](O)C(O)[C@@H]3O)[C@H](O)C2O)[C@H](O)C1O. The summed E-state index contributed by atoms with van der Waals surface area (Å²) >= 11 is 0. The van der Waals surface area contributed by atoms with Crippen molar-refractivity contribution >= 4 is 0 Å². The maximum atomic E-state index is 10.7. The third kappa shape index (κ3) is 6.56. The molecular formula is C20H37NO16. The van der Waals surface area contributed by atoms with E-state index in [-0.39, 0.29) is 13.2 Å². The molecule has 3 saturated heterocycles. The molecular weight excluding hydrogens is 510 g/mol. The topological polar surface area (TPSA) is 284 Å². The first-order valence-electron chi connectivity index (χ1n) is 11.8. The van der Waals surface area contributed by atoms with Crippen LogP contribution in [-0.4, -0.2) is 176 Å². The first kappa shape index (κ1) is 30.9. The number of ether oxygens (including phenoxy) is 6. The first-order chi connectivity index (χ1) is 17.6. The summed E-state index contributed by atoms with van der Waals surface area (Å²) in [7, 11) is 0. The second-order valence-corrected chi connectivity index (χ2v) is 8.97. The lowest BCUT2D eigenvalue weighted by atomic mass is 9.96. The fourth-order valence-corrected chi connectivity index (χ4v) is 4.37. The average Bonchev–Trinajstić information content (AvgIpc) is 2.90. The van der Waals surface area contributed by atoms with Gasteiger partial charge < -0.3 is 85.2 Å². The van der Waals surface area contributed by atoms with Crippen molar-refractivity contribution in [1.82, 2.24) is 0 Å². The first-order valence-corrected chi connectivity index (χ1v) is 11.8. The van der Waals surface area contributed by atoms with E-state index in [1.807, 2.05) is 0 Å². The van der Waals surface area contributed by atoms with E-state index in [2.05, 4.69) is 0 Å². The van der Waals surface area contributed by atoms with Crippen molar-refractivity contribution in [3.05, 3.63) is 0 Å². The molecule has 218 valence electrons. The van der Waals surface area contributed by atoms with Crippen LogP contribution < -0.4 is 5.73 Å². The zero-order valence-electron chi connectivity index (χ0n) is 19.7. The molecule has 3 rings (SSSR count). The molecule has 0 aliphatic carbocycles. The zero-order chi connectivity index (χ0) is 27.4. The van der Waals surface area contributed by atoms with E-state index in [4.69, 9.17) is 34.2 Å². The molecule has 0 bridgehead atoms. The molecule has 15 atom stereocenters. The van der Waals surface area contributed by atoms with Gasteiger partial charge in [0, 0.05) is 6.54 Å². The van der Waals surface area contributed by atoms with Gasteiger partial charge >= 0.3 is 0 Å². The van der Waals surface area contributed by atoms with Crippen LogP contribution >= 0.6 is 0 Å². The minimum absolute atomic E-state index is 0.0111. The lowest BCUT2D eigenvalue weighted by molar-refractivity contribution is -0.379. The van der Waals surface area contributed by atoms with Crippen LogP contribution in [0.25, 0.3) is 0 Å². The molecule has 0 saturated carbocycles. The highest BCUT2D eigenvalue weighted by molar-refractivity contribution is 4.96. The van der Waals surface area contributed by atoms with Crippen LogP contribution in [0.5, 0.6) is 0 Å². The molecule has 12 N–H and O–H groups in total. The molecule has 3 fully saturated rings. The molecule has 3 aliphatic rings. The molecule has 6 unspecified atom stereocenters. The molecule has 17 heteroatoms. The van der Waals surface area contributed by atoms with Crippen molar-refractivity contribution in [2.24, 2.45) is 5.73 Å². The minimum Gasteiger partial charge on any atom is -0.394 e. The van der Waals surface area contributed by atoms with Crippen molar-refractivity contribution in [3.63, 3.8) is 0 Å². The van der Waals surface area contributed by atoms with Crippen molar-refractivity contribution in [1.29, 1.82) is 0 Å². The lowest BCUT2D eigenvalue weighted by Crippen LogP contribution is -2.66. The Kier molecular flexibility index (Phi) is 11.3. The van der Waals surface area contributed by atoms with E-state index >= 15 is 0 Å². The van der Waals surface area contributed by atoms with Crippen LogP contribution in [0, 0.1) is 0 Å². The number of aliphatic hydroxyl groups excluding tert-OH is 10. The summed E-state index contributed by atoms with van der Waals surface area (Å²) in [4.78, 5) is 0. The highest BCUT2D eigenvalue weighted by Crippen LogP contribution is 2.32. The fourth-order valence-electron chi connectivity index (χ4n) is 4.37. The van der Waals surface area contributed by atoms with Gasteiger partial charge in [0.15, 0.2) is 18.9 Å². The standard InChI is InChI=1S/C20H37NO16/c21-1-2-32-18-14(30)11(27)16(7(4-23)34-18)37-20-15(31)12(28)17(8(5-24)35-20)36-19-13(29)10(26)9(25)6(3-22)33-19/h6-20,22-31H,1-5,21H2/t6?,7?,8?,9-,10?,11-,12-,13+,14?,15?,16+,17-,18+,19+,20-/m1/s1. The summed E-state index contributed by atoms with van der Waals surface area (Å²) in [5.74, 6) is 0. The van der Waals surface area contributed by atoms with Gasteiger partial charge in [0.1, 0.15) is 73.2 Å². The van der Waals surface area contributed by atoms with Gasteiger partial charge in [-0.3, -0.25) is 0 Å². The van der Waals surface area contributed by atoms with E-state index in [0.29, 0.717) is 0 Å². The number of rotatable bonds is 10. The monoisotopic (exact) mass is 547 g/mol. The number of aliphatic hydroxyl groups is 10. The maximum Gasteiger partial charge on any atom is 0.187 e. The predicted octanol–water partition coefficient (Wildman–Crippen LogP) is -7.59. The Morgan fingerprint density at radius 2 is 0.919 bits per heavy atom. The van der Waals surface area contributed by atoms with Crippen LogP contribution in [0.15, 0.2) is 0 Å². The number of hydrogen-bond donors (Lipinski definition) is 11. The zero-order valence-corrected chi connectivity index (χ0v) is 19.7. The molecule has 17 nitrogen and oxygen atoms in total. The van der Waals surface area contributed by atoms with Gasteiger partial charge in [0.25, 0.3) is 0 Å². The molecule has 0 radical (unpaired) electrons. The Morgan fingerprint density at radius 1 is 0.514 bits per heavy atom. The molecule has 0 aromatic rings. The van der Waals surface area contributed by atoms with Crippen molar-refractivity contribution in [3.8, 4) is 0 Å². The van der Waals surface area contributed by atoms with E-state index in [9.17, 15) is 51.1 Å². The van der Waals surface area contributed by atoms with Crippen molar-refractivity contribution < 1.29 is 79.5 Å². The highest BCUT2D eigenvalue weighted by atomic mass is 16.8. The largest absolute Gasteiger partial charge is 0.394 e. The van der Waals surface area contributed by atoms with Gasteiger partial charge in [-0.05, 0) is 0 Å². The molecule has 0 aromatic carbocycles. The van der Waals surface area contributed by atoms with Gasteiger partial charge in [-0.25, -0.2) is 0 Å². The van der Waals surface area contributed by atoms with Crippen molar-refractivity contribution in [2.75, 3.05) is 33.0 Å². The molecule has 3 heterocycles. The summed E-state index contributed by atoms with van der Waals surface area (Å²) in [6.45, 7) is -2.16. The average molecular weight is 548 g/mol. The smallest absolute Gasteiger partial charge is 0.187 e. The Balaban J connectivity index is 1.70.